The van der Waals surface area contributed by atoms with Crippen molar-refractivity contribution >= 4 is 34.4 Å². The highest BCUT2D eigenvalue weighted by atomic mass is 32.1. The van der Waals surface area contributed by atoms with Gasteiger partial charge in [0.15, 0.2) is 0 Å². The van der Waals surface area contributed by atoms with Gasteiger partial charge < -0.3 is 5.32 Å². The Morgan fingerprint density at radius 1 is 1.37 bits per heavy atom. The second kappa shape index (κ2) is 4.77. The molecule has 1 amide bonds. The molecule has 0 aliphatic rings. The van der Waals surface area contributed by atoms with E-state index in [2.05, 4.69) is 19.2 Å². The molecule has 1 N–H and O–H groups in total. The zero-order valence-corrected chi connectivity index (χ0v) is 11.0. The Bertz CT molecular complexity index is 732. The molecule has 0 radical (unpaired) electrons. The summed E-state index contributed by atoms with van der Waals surface area (Å²) in [6.07, 6.45) is 1.61. The standard InChI is InChI=1S/C12H11N5OS/c1-2-17-10(6-7-13-17)12(18)14-8-4-3-5-9-11(8)16-19-15-9/h3-7H,2H2,1H3,(H,14,18). The number of benzene rings is 1. The Labute approximate surface area is 113 Å². The third-order valence-corrected chi connectivity index (χ3v) is 3.33. The Balaban J connectivity index is 1.93. The van der Waals surface area contributed by atoms with E-state index in [9.17, 15) is 4.79 Å². The summed E-state index contributed by atoms with van der Waals surface area (Å²) in [5.41, 5.74) is 2.69. The number of fused-ring (bicyclic) bond motifs is 1. The molecule has 0 saturated heterocycles. The number of carbonyl (C=O) groups excluding carboxylic acids is 1. The highest BCUT2D eigenvalue weighted by Gasteiger charge is 2.13. The topological polar surface area (TPSA) is 72.7 Å². The second-order valence-corrected chi connectivity index (χ2v) is 4.45. The van der Waals surface area contributed by atoms with Gasteiger partial charge in [-0.15, -0.1) is 0 Å². The zero-order chi connectivity index (χ0) is 13.2. The lowest BCUT2D eigenvalue weighted by atomic mass is 10.2. The highest BCUT2D eigenvalue weighted by molar-refractivity contribution is 7.00. The van der Waals surface area contributed by atoms with Crippen molar-refractivity contribution in [2.24, 2.45) is 0 Å². The third kappa shape index (κ3) is 2.08. The molecular formula is C12H11N5OS. The molecule has 3 rings (SSSR count). The molecule has 7 heteroatoms. The van der Waals surface area contributed by atoms with Gasteiger partial charge in [-0.2, -0.15) is 13.8 Å². The summed E-state index contributed by atoms with van der Waals surface area (Å²) in [6.45, 7) is 2.59. The highest BCUT2D eigenvalue weighted by Crippen LogP contribution is 2.21. The molecule has 0 saturated carbocycles. The number of hydrogen-bond donors (Lipinski definition) is 1. The van der Waals surface area contributed by atoms with Gasteiger partial charge in [0.25, 0.3) is 5.91 Å². The molecule has 1 aromatic carbocycles. The van der Waals surface area contributed by atoms with Crippen molar-refractivity contribution in [2.75, 3.05) is 5.32 Å². The number of carbonyl (C=O) groups is 1. The maximum Gasteiger partial charge on any atom is 0.273 e. The van der Waals surface area contributed by atoms with E-state index in [0.29, 0.717) is 23.4 Å². The van der Waals surface area contributed by atoms with Gasteiger partial charge in [0, 0.05) is 12.7 Å². The van der Waals surface area contributed by atoms with Gasteiger partial charge in [-0.05, 0) is 25.1 Å². The zero-order valence-electron chi connectivity index (χ0n) is 10.2. The van der Waals surface area contributed by atoms with Gasteiger partial charge in [0.1, 0.15) is 16.7 Å². The molecule has 0 aliphatic carbocycles. The first-order chi connectivity index (χ1) is 9.29. The van der Waals surface area contributed by atoms with Gasteiger partial charge >= 0.3 is 0 Å². The molecule has 96 valence electrons. The lowest BCUT2D eigenvalue weighted by Gasteiger charge is -2.06. The number of amides is 1. The van der Waals surface area contributed by atoms with Gasteiger partial charge in [-0.3, -0.25) is 9.48 Å². The minimum atomic E-state index is -0.195. The molecule has 0 spiro atoms. The van der Waals surface area contributed by atoms with Crippen LogP contribution in [0.5, 0.6) is 0 Å². The fourth-order valence-electron chi connectivity index (χ4n) is 1.87. The lowest BCUT2D eigenvalue weighted by molar-refractivity contribution is 0.101. The average Bonchev–Trinajstić information content (AvgIpc) is 3.07. The maximum atomic E-state index is 12.2. The monoisotopic (exact) mass is 273 g/mol. The van der Waals surface area contributed by atoms with Crippen LogP contribution in [0.25, 0.3) is 11.0 Å². The van der Waals surface area contributed by atoms with E-state index in [4.69, 9.17) is 0 Å². The summed E-state index contributed by atoms with van der Waals surface area (Å²) in [7, 11) is 0. The largest absolute Gasteiger partial charge is 0.319 e. The number of hydrogen-bond acceptors (Lipinski definition) is 5. The Kier molecular flexibility index (Phi) is 2.96. The van der Waals surface area contributed by atoms with E-state index < -0.39 is 0 Å². The summed E-state index contributed by atoms with van der Waals surface area (Å²) >= 11 is 1.13. The predicted octanol–water partition coefficient (Wildman–Crippen LogP) is 2.16. The van der Waals surface area contributed by atoms with Crippen LogP contribution in [-0.4, -0.2) is 24.4 Å². The van der Waals surface area contributed by atoms with E-state index in [0.717, 1.165) is 17.2 Å². The Hall–Kier alpha value is -2.28. The first-order valence-electron chi connectivity index (χ1n) is 5.84. The molecule has 0 atom stereocenters. The van der Waals surface area contributed by atoms with Crippen molar-refractivity contribution in [3.05, 3.63) is 36.2 Å². The minimum absolute atomic E-state index is 0.195. The number of aromatic nitrogens is 4. The molecule has 19 heavy (non-hydrogen) atoms. The molecule has 2 heterocycles. The number of rotatable bonds is 3. The fourth-order valence-corrected chi connectivity index (χ4v) is 2.42. The van der Waals surface area contributed by atoms with E-state index in [1.807, 2.05) is 25.1 Å². The molecule has 6 nitrogen and oxygen atoms in total. The molecular weight excluding hydrogens is 262 g/mol. The number of nitrogens with zero attached hydrogens (tertiary/aromatic N) is 4. The second-order valence-electron chi connectivity index (χ2n) is 3.92. The van der Waals surface area contributed by atoms with E-state index in [1.54, 1.807) is 16.9 Å². The van der Waals surface area contributed by atoms with Crippen LogP contribution in [0, 0.1) is 0 Å². The van der Waals surface area contributed by atoms with Crippen LogP contribution in [0.2, 0.25) is 0 Å². The summed E-state index contributed by atoms with van der Waals surface area (Å²) in [5.74, 6) is -0.195. The Morgan fingerprint density at radius 2 is 2.26 bits per heavy atom. The average molecular weight is 273 g/mol. The first-order valence-corrected chi connectivity index (χ1v) is 6.57. The van der Waals surface area contributed by atoms with Crippen molar-refractivity contribution < 1.29 is 4.79 Å². The third-order valence-electron chi connectivity index (χ3n) is 2.78. The summed E-state index contributed by atoms with van der Waals surface area (Å²) in [4.78, 5) is 12.2. The smallest absolute Gasteiger partial charge is 0.273 e. The molecule has 0 fully saturated rings. The van der Waals surface area contributed by atoms with Gasteiger partial charge in [0.05, 0.1) is 17.4 Å². The molecule has 0 bridgehead atoms. The van der Waals surface area contributed by atoms with Crippen molar-refractivity contribution in [3.8, 4) is 0 Å². The van der Waals surface area contributed by atoms with Crippen LogP contribution < -0.4 is 5.32 Å². The molecule has 0 unspecified atom stereocenters. The normalized spacial score (nSPS) is 10.8. The van der Waals surface area contributed by atoms with Crippen molar-refractivity contribution in [1.29, 1.82) is 0 Å². The van der Waals surface area contributed by atoms with E-state index in [1.165, 1.54) is 0 Å². The molecule has 0 aliphatic heterocycles. The minimum Gasteiger partial charge on any atom is -0.319 e. The fraction of sp³-hybridized carbons (Fsp3) is 0.167. The summed E-state index contributed by atoms with van der Waals surface area (Å²) in [5, 5.41) is 6.93. The van der Waals surface area contributed by atoms with Gasteiger partial charge in [0.2, 0.25) is 0 Å². The van der Waals surface area contributed by atoms with E-state index in [-0.39, 0.29) is 5.91 Å². The van der Waals surface area contributed by atoms with Crippen molar-refractivity contribution in [1.82, 2.24) is 18.5 Å². The first kappa shape index (κ1) is 11.8. The molecule has 3 aromatic rings. The van der Waals surface area contributed by atoms with Crippen LogP contribution in [0.15, 0.2) is 30.5 Å². The molecule has 2 aromatic heterocycles. The Morgan fingerprint density at radius 3 is 3.11 bits per heavy atom. The van der Waals surface area contributed by atoms with Gasteiger partial charge in [-0.25, -0.2) is 0 Å². The quantitative estimate of drug-likeness (QED) is 0.793. The number of anilines is 1. The number of aryl methyl sites for hydroxylation is 1. The summed E-state index contributed by atoms with van der Waals surface area (Å²) < 4.78 is 9.98. The maximum absolute atomic E-state index is 12.2. The van der Waals surface area contributed by atoms with Crippen LogP contribution in [-0.2, 0) is 6.54 Å². The van der Waals surface area contributed by atoms with Crippen LogP contribution >= 0.6 is 11.7 Å². The van der Waals surface area contributed by atoms with Crippen molar-refractivity contribution in [2.45, 2.75) is 13.5 Å². The van der Waals surface area contributed by atoms with Crippen LogP contribution in [0.4, 0.5) is 5.69 Å². The predicted molar refractivity (Wildman–Crippen MR) is 73.3 cm³/mol. The van der Waals surface area contributed by atoms with Crippen LogP contribution in [0.3, 0.4) is 0 Å². The SMILES string of the molecule is CCn1nccc1C(=O)Nc1cccc2nsnc12. The van der Waals surface area contributed by atoms with Crippen molar-refractivity contribution in [3.63, 3.8) is 0 Å². The summed E-state index contributed by atoms with van der Waals surface area (Å²) in [6, 6.07) is 7.22. The lowest BCUT2D eigenvalue weighted by Crippen LogP contribution is -2.17. The van der Waals surface area contributed by atoms with Crippen LogP contribution in [0.1, 0.15) is 17.4 Å². The van der Waals surface area contributed by atoms with E-state index >= 15 is 0 Å². The van der Waals surface area contributed by atoms with Gasteiger partial charge in [-0.1, -0.05) is 6.07 Å². The number of nitrogens with one attached hydrogen (secondary N) is 1.